The lowest BCUT2D eigenvalue weighted by Gasteiger charge is -2.01. The van der Waals surface area contributed by atoms with E-state index in [-0.39, 0.29) is 22.5 Å². The fourth-order valence-electron chi connectivity index (χ4n) is 1.72. The summed E-state index contributed by atoms with van der Waals surface area (Å²) < 4.78 is 24.5. The first-order valence-electron chi connectivity index (χ1n) is 6.05. The number of aromatic nitrogens is 2. The SMILES string of the molecule is O=c1oc(Oc2ccc(O)cc2)nn1-c1ccc(Cl)cc1F. The molecule has 22 heavy (non-hydrogen) atoms. The van der Waals surface area contributed by atoms with Gasteiger partial charge in [0.1, 0.15) is 17.2 Å². The molecule has 0 aliphatic carbocycles. The predicted molar refractivity (Wildman–Crippen MR) is 75.2 cm³/mol. The topological polar surface area (TPSA) is 77.5 Å². The number of phenolic OH excluding ortho intramolecular Hbond substituents is 1. The molecule has 1 aromatic heterocycles. The number of benzene rings is 2. The van der Waals surface area contributed by atoms with Gasteiger partial charge in [0.2, 0.25) is 0 Å². The minimum Gasteiger partial charge on any atom is -0.508 e. The van der Waals surface area contributed by atoms with Gasteiger partial charge in [-0.1, -0.05) is 16.7 Å². The monoisotopic (exact) mass is 322 g/mol. The van der Waals surface area contributed by atoms with E-state index in [1.54, 1.807) is 0 Å². The minimum atomic E-state index is -0.907. The van der Waals surface area contributed by atoms with Crippen LogP contribution in [-0.4, -0.2) is 14.9 Å². The van der Waals surface area contributed by atoms with Gasteiger partial charge in [-0.2, -0.15) is 4.68 Å². The summed E-state index contributed by atoms with van der Waals surface area (Å²) in [5.74, 6) is -1.28. The summed E-state index contributed by atoms with van der Waals surface area (Å²) in [6.45, 7) is 0. The Balaban J connectivity index is 1.94. The quantitative estimate of drug-likeness (QED) is 0.801. The molecule has 0 aliphatic heterocycles. The zero-order chi connectivity index (χ0) is 15.7. The second-order valence-corrected chi connectivity index (χ2v) is 4.67. The Morgan fingerprint density at radius 3 is 2.64 bits per heavy atom. The fourth-order valence-corrected chi connectivity index (χ4v) is 1.88. The zero-order valence-electron chi connectivity index (χ0n) is 10.9. The van der Waals surface area contributed by atoms with Crippen molar-refractivity contribution in [1.82, 2.24) is 9.78 Å². The van der Waals surface area contributed by atoms with Crippen LogP contribution in [0.1, 0.15) is 0 Å². The normalized spacial score (nSPS) is 10.6. The van der Waals surface area contributed by atoms with E-state index < -0.39 is 11.6 Å². The summed E-state index contributed by atoms with van der Waals surface area (Å²) in [7, 11) is 0. The van der Waals surface area contributed by atoms with Crippen LogP contribution < -0.4 is 10.5 Å². The largest absolute Gasteiger partial charge is 0.508 e. The first-order valence-corrected chi connectivity index (χ1v) is 6.43. The van der Waals surface area contributed by atoms with Gasteiger partial charge in [-0.15, -0.1) is 0 Å². The van der Waals surface area contributed by atoms with Crippen molar-refractivity contribution in [3.63, 3.8) is 0 Å². The average molecular weight is 323 g/mol. The molecule has 3 aromatic rings. The van der Waals surface area contributed by atoms with Gasteiger partial charge in [0, 0.05) is 5.02 Å². The van der Waals surface area contributed by atoms with Gasteiger partial charge in [0.05, 0.1) is 0 Å². The molecule has 8 heteroatoms. The van der Waals surface area contributed by atoms with Gasteiger partial charge in [-0.05, 0) is 42.5 Å². The van der Waals surface area contributed by atoms with Crippen LogP contribution in [0, 0.1) is 5.82 Å². The highest BCUT2D eigenvalue weighted by molar-refractivity contribution is 6.30. The number of halogens is 2. The van der Waals surface area contributed by atoms with E-state index in [4.69, 9.17) is 20.8 Å². The Kier molecular flexibility index (Phi) is 3.56. The van der Waals surface area contributed by atoms with E-state index in [9.17, 15) is 14.3 Å². The van der Waals surface area contributed by atoms with Crippen LogP contribution in [0.4, 0.5) is 4.39 Å². The molecule has 112 valence electrons. The van der Waals surface area contributed by atoms with Crippen LogP contribution in [0.25, 0.3) is 5.69 Å². The van der Waals surface area contributed by atoms with Crippen molar-refractivity contribution in [2.24, 2.45) is 0 Å². The zero-order valence-corrected chi connectivity index (χ0v) is 11.6. The summed E-state index contributed by atoms with van der Waals surface area (Å²) >= 11 is 5.65. The molecule has 0 fully saturated rings. The molecule has 0 radical (unpaired) electrons. The fraction of sp³-hybridized carbons (Fsp3) is 0. The third-order valence-corrected chi connectivity index (χ3v) is 2.94. The summed E-state index contributed by atoms with van der Waals surface area (Å²) in [6.07, 6.45) is -0.356. The van der Waals surface area contributed by atoms with Crippen molar-refractivity contribution < 1.29 is 18.7 Å². The Bertz CT molecular complexity index is 873. The van der Waals surface area contributed by atoms with Crippen LogP contribution in [-0.2, 0) is 0 Å². The molecule has 0 atom stereocenters. The van der Waals surface area contributed by atoms with Crippen molar-refractivity contribution >= 4 is 11.6 Å². The number of aromatic hydroxyl groups is 1. The molecule has 1 heterocycles. The third-order valence-electron chi connectivity index (χ3n) is 2.71. The van der Waals surface area contributed by atoms with Crippen molar-refractivity contribution in [2.45, 2.75) is 0 Å². The van der Waals surface area contributed by atoms with Gasteiger partial charge in [-0.25, -0.2) is 9.18 Å². The number of hydrogen-bond acceptors (Lipinski definition) is 5. The predicted octanol–water partition coefficient (Wildman–Crippen LogP) is 3.12. The van der Waals surface area contributed by atoms with E-state index in [0.717, 1.165) is 10.7 Å². The van der Waals surface area contributed by atoms with Crippen molar-refractivity contribution in [2.75, 3.05) is 0 Å². The molecule has 0 aliphatic rings. The molecule has 0 amide bonds. The number of nitrogens with zero attached hydrogens (tertiary/aromatic N) is 2. The van der Waals surface area contributed by atoms with Crippen LogP contribution in [0.5, 0.6) is 17.6 Å². The standard InChI is InChI=1S/C14H8ClFN2O4/c15-8-1-6-12(11(16)7-8)18-14(20)22-13(17-18)21-10-4-2-9(19)3-5-10/h1-7,19H. The maximum absolute atomic E-state index is 13.8. The second kappa shape index (κ2) is 5.53. The highest BCUT2D eigenvalue weighted by Gasteiger charge is 2.15. The lowest BCUT2D eigenvalue weighted by molar-refractivity contribution is 0.319. The molecular weight excluding hydrogens is 315 g/mol. The van der Waals surface area contributed by atoms with Crippen molar-refractivity contribution in [3.8, 4) is 23.3 Å². The first-order chi connectivity index (χ1) is 10.5. The van der Waals surface area contributed by atoms with Crippen LogP contribution in [0.2, 0.25) is 5.02 Å². The van der Waals surface area contributed by atoms with Gasteiger partial charge in [0.15, 0.2) is 5.82 Å². The summed E-state index contributed by atoms with van der Waals surface area (Å²) in [6, 6.07) is 9.47. The van der Waals surface area contributed by atoms with E-state index >= 15 is 0 Å². The van der Waals surface area contributed by atoms with Gasteiger partial charge >= 0.3 is 11.8 Å². The lowest BCUT2D eigenvalue weighted by atomic mass is 10.3. The Morgan fingerprint density at radius 1 is 1.23 bits per heavy atom. The highest BCUT2D eigenvalue weighted by Crippen LogP contribution is 2.22. The molecule has 2 aromatic carbocycles. The smallest absolute Gasteiger partial charge is 0.444 e. The minimum absolute atomic E-state index is 0.0579. The van der Waals surface area contributed by atoms with E-state index in [0.29, 0.717) is 5.75 Å². The maximum Gasteiger partial charge on any atom is 0.444 e. The van der Waals surface area contributed by atoms with E-state index in [2.05, 4.69) is 5.10 Å². The number of rotatable bonds is 3. The van der Waals surface area contributed by atoms with Crippen LogP contribution in [0.3, 0.4) is 0 Å². The molecule has 6 nitrogen and oxygen atoms in total. The highest BCUT2D eigenvalue weighted by atomic mass is 35.5. The molecular formula is C14H8ClFN2O4. The van der Waals surface area contributed by atoms with Gasteiger partial charge in [0.25, 0.3) is 0 Å². The third kappa shape index (κ3) is 2.79. The van der Waals surface area contributed by atoms with Crippen LogP contribution in [0.15, 0.2) is 51.7 Å². The Hall–Kier alpha value is -2.80. The van der Waals surface area contributed by atoms with E-state index in [1.807, 2.05) is 0 Å². The first kappa shape index (κ1) is 14.2. The van der Waals surface area contributed by atoms with Crippen molar-refractivity contribution in [3.05, 3.63) is 63.9 Å². The van der Waals surface area contributed by atoms with Gasteiger partial charge in [-0.3, -0.25) is 0 Å². The van der Waals surface area contributed by atoms with Crippen LogP contribution >= 0.6 is 11.6 Å². The summed E-state index contributed by atoms with van der Waals surface area (Å²) in [5, 5.41) is 13.1. The number of ether oxygens (including phenoxy) is 1. The van der Waals surface area contributed by atoms with E-state index in [1.165, 1.54) is 36.4 Å². The lowest BCUT2D eigenvalue weighted by Crippen LogP contribution is -2.14. The molecule has 0 unspecified atom stereocenters. The molecule has 3 rings (SSSR count). The summed E-state index contributed by atoms with van der Waals surface area (Å²) in [4.78, 5) is 11.7. The average Bonchev–Trinajstić information content (AvgIpc) is 2.82. The molecule has 0 saturated carbocycles. The number of hydrogen-bond donors (Lipinski definition) is 1. The van der Waals surface area contributed by atoms with Crippen molar-refractivity contribution in [1.29, 1.82) is 0 Å². The molecule has 0 saturated heterocycles. The molecule has 0 bridgehead atoms. The summed E-state index contributed by atoms with van der Waals surface area (Å²) in [5.41, 5.74) is -0.112. The number of phenols is 1. The molecule has 0 spiro atoms. The molecule has 1 N–H and O–H groups in total. The van der Waals surface area contributed by atoms with Gasteiger partial charge < -0.3 is 14.3 Å². The Labute approximate surface area is 127 Å². The Morgan fingerprint density at radius 2 is 1.95 bits per heavy atom. The maximum atomic E-state index is 13.8. The second-order valence-electron chi connectivity index (χ2n) is 4.24.